The summed E-state index contributed by atoms with van der Waals surface area (Å²) in [5.74, 6) is 0. The van der Waals surface area contributed by atoms with Gasteiger partial charge in [-0.25, -0.2) is 0 Å². The van der Waals surface area contributed by atoms with Crippen molar-refractivity contribution in [2.24, 2.45) is 0 Å². The van der Waals surface area contributed by atoms with Gasteiger partial charge in [0.25, 0.3) is 0 Å². The topological polar surface area (TPSA) is 6.48 Å². The first-order valence-corrected chi connectivity index (χ1v) is 26.4. The molecule has 2 saturated carbocycles. The van der Waals surface area contributed by atoms with Crippen LogP contribution in [0.25, 0.3) is 10.8 Å². The first kappa shape index (κ1) is 47.3. The third-order valence-corrected chi connectivity index (χ3v) is 17.9. The lowest BCUT2D eigenvalue weighted by Crippen LogP contribution is -2.31. The maximum absolute atomic E-state index is 4.91. The van der Waals surface area contributed by atoms with E-state index in [4.69, 9.17) is 13.2 Å². The fourth-order valence-electron chi connectivity index (χ4n) is 14.0. The van der Waals surface area contributed by atoms with Gasteiger partial charge in [0.2, 0.25) is 0 Å². The number of aryl methyl sites for hydroxylation is 2. The second-order valence-electron chi connectivity index (χ2n) is 21.9. The number of anilines is 2. The summed E-state index contributed by atoms with van der Waals surface area (Å²) in [7, 11) is 4.52. The van der Waals surface area contributed by atoms with Crippen LogP contribution in [0.4, 0.5) is 11.4 Å². The van der Waals surface area contributed by atoms with Gasteiger partial charge < -0.3 is 9.80 Å². The van der Waals surface area contributed by atoms with Crippen LogP contribution < -0.4 is 9.80 Å². The molecule has 0 aromatic heterocycles. The van der Waals surface area contributed by atoms with E-state index in [-0.39, 0.29) is 21.7 Å². The minimum Gasteiger partial charge on any atom is -0.347 e. The molecule has 0 amide bonds. The summed E-state index contributed by atoms with van der Waals surface area (Å²) in [6, 6.07) is 50.0. The van der Waals surface area contributed by atoms with E-state index in [1.807, 2.05) is 0 Å². The molecule has 4 aliphatic rings. The lowest BCUT2D eigenvalue weighted by atomic mass is 9.68. The molecule has 2 aliphatic carbocycles. The Morgan fingerprint density at radius 2 is 0.857 bits per heavy atom. The van der Waals surface area contributed by atoms with Crippen molar-refractivity contribution in [3.8, 4) is 0 Å². The van der Waals surface area contributed by atoms with Crippen molar-refractivity contribution in [3.63, 3.8) is 0 Å². The van der Waals surface area contributed by atoms with Gasteiger partial charge in [-0.05, 0) is 143 Å². The molecule has 0 N–H and O–H groups in total. The van der Waals surface area contributed by atoms with Crippen LogP contribution in [0.5, 0.6) is 0 Å². The number of hydrogen-bond acceptors (Lipinski definition) is 2. The summed E-state index contributed by atoms with van der Waals surface area (Å²) in [4.78, 5) is 4.91. The summed E-state index contributed by atoms with van der Waals surface area (Å²) in [5.41, 5.74) is 18.2. The normalized spacial score (nSPS) is 20.1. The molecule has 2 nitrogen and oxygen atoms in total. The zero-order valence-electron chi connectivity index (χ0n) is 43.0. The number of fused-ring (bicyclic) bond motifs is 5. The van der Waals surface area contributed by atoms with E-state index in [0.29, 0.717) is 0 Å². The van der Waals surface area contributed by atoms with Gasteiger partial charge in [0, 0.05) is 58.5 Å². The van der Waals surface area contributed by atoms with E-state index in [0.717, 1.165) is 24.0 Å². The molecule has 0 saturated heterocycles. The van der Waals surface area contributed by atoms with Crippen molar-refractivity contribution < 1.29 is 0 Å². The first-order valence-electron chi connectivity index (χ1n) is 26.4. The van der Waals surface area contributed by atoms with E-state index in [1.165, 1.54) is 142 Å². The summed E-state index contributed by atoms with van der Waals surface area (Å²) in [5, 5.41) is 2.62. The van der Waals surface area contributed by atoms with Gasteiger partial charge >= 0.3 is 0 Å². The van der Waals surface area contributed by atoms with Gasteiger partial charge in [-0.2, -0.15) is 0 Å². The second kappa shape index (κ2) is 19.1. The molecule has 2 fully saturated rings. The number of likely N-dealkylation sites (N-methyl/N-ethyl adjacent to an activating group) is 2. The summed E-state index contributed by atoms with van der Waals surface area (Å²) >= 11 is 0. The van der Waals surface area contributed by atoms with Crippen molar-refractivity contribution in [2.75, 3.05) is 23.9 Å². The van der Waals surface area contributed by atoms with Crippen molar-refractivity contribution in [1.82, 2.24) is 0 Å². The second-order valence-corrected chi connectivity index (χ2v) is 21.9. The minimum absolute atomic E-state index is 0.0857. The van der Waals surface area contributed by atoms with Crippen LogP contribution in [0, 0.1) is 13.8 Å². The van der Waals surface area contributed by atoms with Crippen LogP contribution in [-0.4, -0.2) is 14.1 Å². The molecule has 2 atom stereocenters. The molecule has 2 heterocycles. The molecule has 6 aromatic carbocycles. The Balaban J connectivity index is 0.983. The third-order valence-electron chi connectivity index (χ3n) is 17.9. The Morgan fingerprint density at radius 1 is 0.486 bits per heavy atom. The van der Waals surface area contributed by atoms with E-state index in [9.17, 15) is 0 Å². The monoisotopic (exact) mass is 919 g/mol. The van der Waals surface area contributed by atoms with Crippen LogP contribution in [-0.2, 0) is 34.5 Å². The molecule has 0 bridgehead atoms. The molecule has 2 spiro atoms. The molecular weight excluding hydrogens is 845 g/mol. The van der Waals surface area contributed by atoms with Crippen molar-refractivity contribution in [3.05, 3.63) is 250 Å². The van der Waals surface area contributed by atoms with Gasteiger partial charge in [-0.3, -0.25) is 0 Å². The van der Waals surface area contributed by atoms with E-state index < -0.39 is 0 Å². The molecule has 70 heavy (non-hydrogen) atoms. The molecule has 6 aromatic rings. The molecule has 0 radical (unpaired) electrons. The third kappa shape index (κ3) is 8.06. The number of benzene rings is 6. The molecule has 2 heteroatoms. The highest BCUT2D eigenvalue weighted by Crippen LogP contribution is 2.56. The number of rotatable bonds is 12. The lowest BCUT2D eigenvalue weighted by molar-refractivity contribution is 0.347. The largest absolute Gasteiger partial charge is 0.347 e. The highest BCUT2D eigenvalue weighted by atomic mass is 15.2. The fraction of sp³-hybridized carbons (Fsp3) is 0.324. The predicted octanol–water partition coefficient (Wildman–Crippen LogP) is 17.2. The maximum atomic E-state index is 4.91. The van der Waals surface area contributed by atoms with Crippen LogP contribution in [0.3, 0.4) is 0 Å². The summed E-state index contributed by atoms with van der Waals surface area (Å²) in [6.07, 6.45) is 28.3. The van der Waals surface area contributed by atoms with Crippen molar-refractivity contribution >= 4 is 22.1 Å². The highest BCUT2D eigenvalue weighted by molar-refractivity contribution is 5.89. The maximum Gasteiger partial charge on any atom is 0.0448 e. The average Bonchev–Trinajstić information content (AvgIpc) is 3.73. The quantitative estimate of drug-likeness (QED) is 0.113. The van der Waals surface area contributed by atoms with Gasteiger partial charge in [0.15, 0.2) is 0 Å². The van der Waals surface area contributed by atoms with Crippen LogP contribution >= 0.6 is 0 Å². The molecule has 2 unspecified atom stereocenters. The number of nitrogens with zero attached hydrogens (tertiary/aromatic N) is 2. The first-order chi connectivity index (χ1) is 33.9. The standard InChI is InChI=1S/C68H74N2/c1-49-27-11-13-35-57(49)65(5,51(3)29-23-41-63-67(43-19-9-20-44-67)59-37-15-17-39-61(59)69(63)7)47-53-31-25-34-56-54(32-26-33-55(53)56)48-66(6,58-36-14-12-28-50(58)2)52(4)30-24-42-64-68(45-21-10-22-46-68)60-38-16-18-40-62(60)70(64)8/h11-18,23-42H,3-4,9-10,19-22,43-48H2,1-2,5-8H3/b29-23+,30-24+,63-41+,64-42+. The Morgan fingerprint density at radius 3 is 1.26 bits per heavy atom. The minimum atomic E-state index is -0.355. The number of allylic oxidation sites excluding steroid dienone is 10. The fourth-order valence-corrected chi connectivity index (χ4v) is 14.0. The predicted molar refractivity (Wildman–Crippen MR) is 300 cm³/mol. The zero-order chi connectivity index (χ0) is 48.7. The molecule has 356 valence electrons. The molecule has 10 rings (SSSR count). The van der Waals surface area contributed by atoms with E-state index in [2.05, 4.69) is 222 Å². The average molecular weight is 919 g/mol. The number of para-hydroxylation sites is 2. The van der Waals surface area contributed by atoms with Gasteiger partial charge in [0.1, 0.15) is 0 Å². The SMILES string of the molecule is C=C(/C=C/C=C1/N(C)c2ccccc2C12CCCCC2)C(C)(Cc1cccc2c(CC(C)(C(=C)/C=C/C=C3/N(C)c4ccccc4C34CCCCC4)c3ccccc3C)cccc12)c1ccccc1C. The van der Waals surface area contributed by atoms with Crippen LogP contribution in [0.2, 0.25) is 0 Å². The summed E-state index contributed by atoms with van der Waals surface area (Å²) < 4.78 is 0. The Hall–Kier alpha value is -6.38. The molecule has 2 aliphatic heterocycles. The van der Waals surface area contributed by atoms with Gasteiger partial charge in [-0.1, -0.05) is 211 Å². The lowest BCUT2D eigenvalue weighted by Gasteiger charge is -2.36. The summed E-state index contributed by atoms with van der Waals surface area (Å²) in [6.45, 7) is 19.2. The Labute approximate surface area is 420 Å². The Kier molecular flexibility index (Phi) is 12.9. The van der Waals surface area contributed by atoms with Gasteiger partial charge in [-0.15, -0.1) is 0 Å². The van der Waals surface area contributed by atoms with E-state index in [1.54, 1.807) is 0 Å². The number of hydrogen-bond donors (Lipinski definition) is 0. The van der Waals surface area contributed by atoms with Crippen LogP contribution in [0.15, 0.2) is 206 Å². The molecular formula is C68H74N2. The zero-order valence-corrected chi connectivity index (χ0v) is 43.0. The Bertz CT molecular complexity index is 2880. The highest BCUT2D eigenvalue weighted by Gasteiger charge is 2.47. The van der Waals surface area contributed by atoms with Crippen LogP contribution in [0.1, 0.15) is 123 Å². The van der Waals surface area contributed by atoms with E-state index >= 15 is 0 Å². The van der Waals surface area contributed by atoms with Crippen molar-refractivity contribution in [1.29, 1.82) is 0 Å². The van der Waals surface area contributed by atoms with Gasteiger partial charge in [0.05, 0.1) is 0 Å². The van der Waals surface area contributed by atoms with Crippen molar-refractivity contribution in [2.45, 2.75) is 126 Å². The smallest absolute Gasteiger partial charge is 0.0448 e.